The van der Waals surface area contributed by atoms with Crippen LogP contribution in [0.5, 0.6) is 5.75 Å². The molecule has 92 valence electrons. The Hall–Kier alpha value is -1.77. The number of hydrogen-bond acceptors (Lipinski definition) is 3. The second kappa shape index (κ2) is 6.74. The zero-order valence-corrected chi connectivity index (χ0v) is 10.5. The van der Waals surface area contributed by atoms with Crippen molar-refractivity contribution in [2.75, 3.05) is 13.2 Å². The minimum absolute atomic E-state index is 0.336. The van der Waals surface area contributed by atoms with Gasteiger partial charge in [0.15, 0.2) is 0 Å². The van der Waals surface area contributed by atoms with E-state index in [1.807, 2.05) is 32.0 Å². The summed E-state index contributed by atoms with van der Waals surface area (Å²) in [6, 6.07) is 5.99. The molecule has 0 unspecified atom stereocenters. The van der Waals surface area contributed by atoms with Crippen LogP contribution >= 0.6 is 0 Å². The second-order valence-corrected chi connectivity index (χ2v) is 3.69. The van der Waals surface area contributed by atoms with Gasteiger partial charge in [0.2, 0.25) is 0 Å². The zero-order valence-electron chi connectivity index (χ0n) is 10.5. The number of hydrogen-bond donors (Lipinski definition) is 0. The van der Waals surface area contributed by atoms with Crippen LogP contribution in [0.2, 0.25) is 0 Å². The van der Waals surface area contributed by atoms with Crippen molar-refractivity contribution < 1.29 is 14.3 Å². The van der Waals surface area contributed by atoms with E-state index >= 15 is 0 Å². The Bertz CT molecular complexity index is 388. The first-order valence-corrected chi connectivity index (χ1v) is 5.67. The molecule has 1 aromatic rings. The van der Waals surface area contributed by atoms with Gasteiger partial charge in [-0.15, -0.1) is 0 Å². The Kier molecular flexibility index (Phi) is 5.27. The fourth-order valence-corrected chi connectivity index (χ4v) is 1.49. The first kappa shape index (κ1) is 13.3. The van der Waals surface area contributed by atoms with Gasteiger partial charge in [0.05, 0.1) is 6.61 Å². The Morgan fingerprint density at radius 1 is 1.29 bits per heavy atom. The van der Waals surface area contributed by atoms with E-state index in [1.165, 1.54) is 6.08 Å². The van der Waals surface area contributed by atoms with Crippen LogP contribution in [0.3, 0.4) is 0 Å². The summed E-state index contributed by atoms with van der Waals surface area (Å²) in [5.74, 6) is 0.540. The molecule has 0 saturated carbocycles. The van der Waals surface area contributed by atoms with E-state index in [4.69, 9.17) is 9.47 Å². The SMILES string of the molecule is CCOC(=O)/C=C/COc1c(C)cccc1C. The van der Waals surface area contributed by atoms with E-state index in [9.17, 15) is 4.79 Å². The van der Waals surface area contributed by atoms with Crippen LogP contribution < -0.4 is 4.74 Å². The lowest BCUT2D eigenvalue weighted by molar-refractivity contribution is -0.137. The van der Waals surface area contributed by atoms with Gasteiger partial charge in [-0.05, 0) is 38.0 Å². The molecule has 0 aliphatic rings. The Morgan fingerprint density at radius 2 is 1.94 bits per heavy atom. The van der Waals surface area contributed by atoms with Crippen LogP contribution in [0.4, 0.5) is 0 Å². The number of rotatable bonds is 5. The second-order valence-electron chi connectivity index (χ2n) is 3.69. The molecular formula is C14H18O3. The van der Waals surface area contributed by atoms with Gasteiger partial charge in [0.25, 0.3) is 0 Å². The predicted molar refractivity (Wildman–Crippen MR) is 67.2 cm³/mol. The number of esters is 1. The van der Waals surface area contributed by atoms with Gasteiger partial charge >= 0.3 is 5.97 Å². The molecule has 1 aromatic carbocycles. The van der Waals surface area contributed by atoms with Gasteiger partial charge in [0.1, 0.15) is 12.4 Å². The van der Waals surface area contributed by atoms with Crippen LogP contribution in [0.1, 0.15) is 18.1 Å². The van der Waals surface area contributed by atoms with E-state index < -0.39 is 0 Å². The number of carbonyl (C=O) groups is 1. The van der Waals surface area contributed by atoms with Crippen molar-refractivity contribution in [3.8, 4) is 5.75 Å². The number of ether oxygens (including phenoxy) is 2. The highest BCUT2D eigenvalue weighted by Crippen LogP contribution is 2.21. The van der Waals surface area contributed by atoms with Crippen LogP contribution in [-0.2, 0) is 9.53 Å². The summed E-state index contributed by atoms with van der Waals surface area (Å²) >= 11 is 0. The third-order valence-electron chi connectivity index (χ3n) is 2.27. The molecule has 0 aliphatic carbocycles. The smallest absolute Gasteiger partial charge is 0.330 e. The van der Waals surface area contributed by atoms with E-state index in [1.54, 1.807) is 13.0 Å². The Morgan fingerprint density at radius 3 is 2.53 bits per heavy atom. The number of para-hydroxylation sites is 1. The van der Waals surface area contributed by atoms with Gasteiger partial charge in [0, 0.05) is 6.08 Å². The molecule has 0 radical (unpaired) electrons. The van der Waals surface area contributed by atoms with Crippen molar-refractivity contribution in [3.63, 3.8) is 0 Å². The molecule has 0 aromatic heterocycles. The average Bonchev–Trinajstić information content (AvgIpc) is 2.28. The molecule has 0 fully saturated rings. The highest BCUT2D eigenvalue weighted by atomic mass is 16.5. The maximum Gasteiger partial charge on any atom is 0.330 e. The highest BCUT2D eigenvalue weighted by Gasteiger charge is 2.01. The van der Waals surface area contributed by atoms with Crippen molar-refractivity contribution in [2.24, 2.45) is 0 Å². The monoisotopic (exact) mass is 234 g/mol. The molecular weight excluding hydrogens is 216 g/mol. The summed E-state index contributed by atoms with van der Waals surface area (Å²) in [6.07, 6.45) is 3.04. The van der Waals surface area contributed by atoms with Gasteiger partial charge in [-0.25, -0.2) is 4.79 Å². The molecule has 0 aliphatic heterocycles. The van der Waals surface area contributed by atoms with E-state index in [-0.39, 0.29) is 5.97 Å². The van der Waals surface area contributed by atoms with Crippen molar-refractivity contribution in [1.29, 1.82) is 0 Å². The molecule has 17 heavy (non-hydrogen) atoms. The van der Waals surface area contributed by atoms with Crippen LogP contribution in [-0.4, -0.2) is 19.2 Å². The van der Waals surface area contributed by atoms with Crippen LogP contribution in [0, 0.1) is 13.8 Å². The predicted octanol–water partition coefficient (Wildman–Crippen LogP) is 2.80. The first-order chi connectivity index (χ1) is 8.15. The van der Waals surface area contributed by atoms with Gasteiger partial charge < -0.3 is 9.47 Å². The van der Waals surface area contributed by atoms with Crippen molar-refractivity contribution in [3.05, 3.63) is 41.5 Å². The molecule has 0 saturated heterocycles. The summed E-state index contributed by atoms with van der Waals surface area (Å²) < 4.78 is 10.4. The van der Waals surface area contributed by atoms with Gasteiger partial charge in [-0.1, -0.05) is 18.2 Å². The highest BCUT2D eigenvalue weighted by molar-refractivity contribution is 5.81. The van der Waals surface area contributed by atoms with Crippen molar-refractivity contribution in [2.45, 2.75) is 20.8 Å². The molecule has 0 heterocycles. The van der Waals surface area contributed by atoms with E-state index in [0.717, 1.165) is 16.9 Å². The fourth-order valence-electron chi connectivity index (χ4n) is 1.49. The van der Waals surface area contributed by atoms with Crippen LogP contribution in [0.25, 0.3) is 0 Å². The van der Waals surface area contributed by atoms with Crippen molar-refractivity contribution >= 4 is 5.97 Å². The van der Waals surface area contributed by atoms with E-state index in [0.29, 0.717) is 13.2 Å². The summed E-state index contributed by atoms with van der Waals surface area (Å²) in [7, 11) is 0. The lowest BCUT2D eigenvalue weighted by Crippen LogP contribution is -2.02. The fraction of sp³-hybridized carbons (Fsp3) is 0.357. The molecule has 0 amide bonds. The molecule has 0 N–H and O–H groups in total. The molecule has 1 rings (SSSR count). The Balaban J connectivity index is 2.49. The molecule has 3 nitrogen and oxygen atoms in total. The summed E-state index contributed by atoms with van der Waals surface area (Å²) in [5, 5.41) is 0. The number of benzene rings is 1. The summed E-state index contributed by atoms with van der Waals surface area (Å²) in [6.45, 7) is 6.53. The molecule has 0 atom stereocenters. The van der Waals surface area contributed by atoms with Gasteiger partial charge in [-0.2, -0.15) is 0 Å². The Labute approximate surface area is 102 Å². The largest absolute Gasteiger partial charge is 0.489 e. The maximum atomic E-state index is 11.0. The number of carbonyl (C=O) groups excluding carboxylic acids is 1. The lowest BCUT2D eigenvalue weighted by atomic mass is 10.1. The third-order valence-corrected chi connectivity index (χ3v) is 2.27. The topological polar surface area (TPSA) is 35.5 Å². The van der Waals surface area contributed by atoms with Crippen LogP contribution in [0.15, 0.2) is 30.4 Å². The minimum Gasteiger partial charge on any atom is -0.489 e. The number of aryl methyl sites for hydroxylation is 2. The average molecular weight is 234 g/mol. The molecule has 0 bridgehead atoms. The first-order valence-electron chi connectivity index (χ1n) is 5.67. The quantitative estimate of drug-likeness (QED) is 0.580. The minimum atomic E-state index is -0.336. The van der Waals surface area contributed by atoms with Crippen molar-refractivity contribution in [1.82, 2.24) is 0 Å². The summed E-state index contributed by atoms with van der Waals surface area (Å²) in [4.78, 5) is 11.0. The normalized spacial score (nSPS) is 10.5. The third kappa shape index (κ3) is 4.31. The molecule has 0 spiro atoms. The zero-order chi connectivity index (χ0) is 12.7. The lowest BCUT2D eigenvalue weighted by Gasteiger charge is -2.09. The van der Waals surface area contributed by atoms with E-state index in [2.05, 4.69) is 0 Å². The summed E-state index contributed by atoms with van der Waals surface area (Å²) in [5.41, 5.74) is 2.18. The maximum absolute atomic E-state index is 11.0. The standard InChI is InChI=1S/C14H18O3/c1-4-16-13(15)9-6-10-17-14-11(2)7-5-8-12(14)3/h5-9H,4,10H2,1-3H3/b9-6+. The molecule has 3 heteroatoms. The van der Waals surface area contributed by atoms with Gasteiger partial charge in [-0.3, -0.25) is 0 Å².